The molecule has 0 aliphatic carbocycles. The number of imide groups is 1. The van der Waals surface area contributed by atoms with Crippen LogP contribution in [0, 0.1) is 0 Å². The number of nitrogens with zero attached hydrogens (tertiary/aromatic N) is 3. The van der Waals surface area contributed by atoms with Crippen molar-refractivity contribution in [1.29, 1.82) is 0 Å². The summed E-state index contributed by atoms with van der Waals surface area (Å²) in [5, 5.41) is 1.45. The number of nitrogens with one attached hydrogen (secondary N) is 2. The van der Waals surface area contributed by atoms with E-state index in [-0.39, 0.29) is 17.9 Å². The van der Waals surface area contributed by atoms with Gasteiger partial charge in [-0.25, -0.2) is 10.3 Å². The van der Waals surface area contributed by atoms with Crippen LogP contribution in [0.5, 0.6) is 0 Å². The monoisotopic (exact) mass is 505 g/mol. The lowest BCUT2D eigenvalue weighted by Gasteiger charge is -2.41. The summed E-state index contributed by atoms with van der Waals surface area (Å²) in [6.07, 6.45) is 5.53. The third-order valence-corrected chi connectivity index (χ3v) is 7.79. The Kier molecular flexibility index (Phi) is 5.64. The van der Waals surface area contributed by atoms with E-state index in [4.69, 9.17) is 16.3 Å². The van der Waals surface area contributed by atoms with Gasteiger partial charge in [-0.2, -0.15) is 0 Å². The second-order valence-corrected chi connectivity index (χ2v) is 9.90. The lowest BCUT2D eigenvalue weighted by Crippen LogP contribution is -2.58. The number of carbonyl (C=O) groups excluding carboxylic acids is 2. The number of aromatic nitrogens is 1. The standard InChI is InChI=1S/C27H28ClN5O3/c1-3-22(32-11-13-36-14-12-32)18-5-4-6-21-26(18)27(30-29-21,33-24(34)9-10-25(33)35)20-16-31(2)23-8-7-17(28)15-19(20)23/h4-10,15-16,22,29-30H,3,11-14H2,1-2H3. The molecule has 2 atom stereocenters. The Labute approximate surface area is 214 Å². The summed E-state index contributed by atoms with van der Waals surface area (Å²) in [5.74, 6) is -0.731. The number of hydrogen-bond donors (Lipinski definition) is 2. The van der Waals surface area contributed by atoms with Gasteiger partial charge in [0.1, 0.15) is 0 Å². The lowest BCUT2D eigenvalue weighted by atomic mass is 9.83. The molecule has 4 heterocycles. The molecule has 9 heteroatoms. The molecule has 3 aliphatic rings. The van der Waals surface area contributed by atoms with Crippen LogP contribution in [-0.4, -0.2) is 52.5 Å². The van der Waals surface area contributed by atoms with Crippen molar-refractivity contribution in [3.63, 3.8) is 0 Å². The molecule has 0 spiro atoms. The highest BCUT2D eigenvalue weighted by atomic mass is 35.5. The van der Waals surface area contributed by atoms with Crippen molar-refractivity contribution in [2.45, 2.75) is 25.0 Å². The highest BCUT2D eigenvalue weighted by molar-refractivity contribution is 6.31. The van der Waals surface area contributed by atoms with Gasteiger partial charge in [0.15, 0.2) is 5.66 Å². The molecule has 2 unspecified atom stereocenters. The van der Waals surface area contributed by atoms with Gasteiger partial charge in [-0.3, -0.25) is 14.5 Å². The van der Waals surface area contributed by atoms with Gasteiger partial charge in [0, 0.05) is 71.6 Å². The number of carbonyl (C=O) groups is 2. The summed E-state index contributed by atoms with van der Waals surface area (Å²) < 4.78 is 7.62. The minimum atomic E-state index is -1.27. The van der Waals surface area contributed by atoms with Crippen molar-refractivity contribution >= 4 is 40.0 Å². The first kappa shape index (κ1) is 23.2. The molecule has 36 heavy (non-hydrogen) atoms. The first-order valence-electron chi connectivity index (χ1n) is 12.3. The summed E-state index contributed by atoms with van der Waals surface area (Å²) in [7, 11) is 1.96. The van der Waals surface area contributed by atoms with Crippen LogP contribution in [-0.2, 0) is 27.0 Å². The quantitative estimate of drug-likeness (QED) is 0.515. The fourth-order valence-electron chi connectivity index (χ4n) is 6.01. The van der Waals surface area contributed by atoms with Crippen molar-refractivity contribution in [3.8, 4) is 0 Å². The fraction of sp³-hybridized carbons (Fsp3) is 0.333. The second-order valence-electron chi connectivity index (χ2n) is 9.46. The van der Waals surface area contributed by atoms with Gasteiger partial charge in [0.2, 0.25) is 0 Å². The van der Waals surface area contributed by atoms with Crippen LogP contribution in [0.1, 0.15) is 36.1 Å². The number of fused-ring (bicyclic) bond motifs is 2. The van der Waals surface area contributed by atoms with Crippen molar-refractivity contribution in [2.24, 2.45) is 7.05 Å². The number of hydrogen-bond acceptors (Lipinski definition) is 6. The molecule has 2 aromatic carbocycles. The Bertz CT molecular complexity index is 1390. The van der Waals surface area contributed by atoms with Gasteiger partial charge < -0.3 is 14.7 Å². The number of ether oxygens (including phenoxy) is 1. The molecule has 6 rings (SSSR count). The third kappa shape index (κ3) is 3.33. The van der Waals surface area contributed by atoms with E-state index in [1.807, 2.05) is 48.1 Å². The van der Waals surface area contributed by atoms with Crippen LogP contribution in [0.4, 0.5) is 5.69 Å². The minimum Gasteiger partial charge on any atom is -0.379 e. The molecule has 186 valence electrons. The molecular weight excluding hydrogens is 478 g/mol. The van der Waals surface area contributed by atoms with Crippen LogP contribution in [0.3, 0.4) is 0 Å². The van der Waals surface area contributed by atoms with Crippen molar-refractivity contribution in [2.75, 3.05) is 31.7 Å². The molecule has 0 radical (unpaired) electrons. The van der Waals surface area contributed by atoms with Gasteiger partial charge in [-0.05, 0) is 36.2 Å². The van der Waals surface area contributed by atoms with E-state index in [2.05, 4.69) is 28.7 Å². The van der Waals surface area contributed by atoms with E-state index in [0.717, 1.165) is 52.8 Å². The SMILES string of the molecule is CCC(c1cccc2c1C(c1cn(C)c3ccc(Cl)cc13)(N1C(=O)C=CC1=O)NN2)N1CCOCC1. The largest absolute Gasteiger partial charge is 0.379 e. The number of amides is 2. The number of morpholine rings is 1. The van der Waals surface area contributed by atoms with Crippen LogP contribution >= 0.6 is 11.6 Å². The second kappa shape index (κ2) is 8.74. The number of halogens is 1. The Balaban J connectivity index is 1.65. The van der Waals surface area contributed by atoms with Crippen LogP contribution < -0.4 is 10.9 Å². The minimum absolute atomic E-state index is 0.0873. The molecule has 1 aromatic heterocycles. The molecular formula is C27H28ClN5O3. The van der Waals surface area contributed by atoms with Crippen LogP contribution in [0.25, 0.3) is 10.9 Å². The van der Waals surface area contributed by atoms with Gasteiger partial charge >= 0.3 is 0 Å². The van der Waals surface area contributed by atoms with E-state index in [1.165, 1.54) is 17.1 Å². The molecule has 2 amide bonds. The number of aryl methyl sites for hydroxylation is 1. The molecule has 3 aliphatic heterocycles. The Morgan fingerprint density at radius 1 is 1.11 bits per heavy atom. The first-order chi connectivity index (χ1) is 17.5. The molecule has 1 fully saturated rings. The summed E-state index contributed by atoms with van der Waals surface area (Å²) >= 11 is 6.45. The summed E-state index contributed by atoms with van der Waals surface area (Å²) in [5.41, 5.74) is 9.95. The predicted molar refractivity (Wildman–Crippen MR) is 138 cm³/mol. The highest BCUT2D eigenvalue weighted by Crippen LogP contribution is 2.49. The molecule has 0 bridgehead atoms. The summed E-state index contributed by atoms with van der Waals surface area (Å²) in [6.45, 7) is 5.18. The van der Waals surface area contributed by atoms with Gasteiger partial charge in [-0.15, -0.1) is 0 Å². The molecule has 3 aromatic rings. The zero-order valence-electron chi connectivity index (χ0n) is 20.3. The lowest BCUT2D eigenvalue weighted by molar-refractivity contribution is -0.143. The van der Waals surface area contributed by atoms with E-state index < -0.39 is 5.66 Å². The molecule has 0 saturated carbocycles. The Morgan fingerprint density at radius 3 is 2.58 bits per heavy atom. The summed E-state index contributed by atoms with van der Waals surface area (Å²) in [6, 6.07) is 11.9. The maximum absolute atomic E-state index is 13.3. The van der Waals surface area contributed by atoms with Crippen molar-refractivity contribution in [1.82, 2.24) is 19.8 Å². The average Bonchev–Trinajstić information content (AvgIpc) is 3.54. The van der Waals surface area contributed by atoms with E-state index >= 15 is 0 Å². The fourth-order valence-corrected chi connectivity index (χ4v) is 6.19. The smallest absolute Gasteiger partial charge is 0.255 e. The van der Waals surface area contributed by atoms with Gasteiger partial charge in [0.25, 0.3) is 11.8 Å². The van der Waals surface area contributed by atoms with E-state index in [0.29, 0.717) is 18.2 Å². The zero-order chi connectivity index (χ0) is 25.0. The molecule has 8 nitrogen and oxygen atoms in total. The zero-order valence-corrected chi connectivity index (χ0v) is 21.0. The maximum atomic E-state index is 13.3. The van der Waals surface area contributed by atoms with E-state index in [1.54, 1.807) is 0 Å². The third-order valence-electron chi connectivity index (χ3n) is 7.55. The first-order valence-corrected chi connectivity index (χ1v) is 12.6. The summed E-state index contributed by atoms with van der Waals surface area (Å²) in [4.78, 5) is 30.4. The molecule has 1 saturated heterocycles. The maximum Gasteiger partial charge on any atom is 0.255 e. The van der Waals surface area contributed by atoms with Crippen molar-refractivity contribution < 1.29 is 14.3 Å². The van der Waals surface area contributed by atoms with E-state index in [9.17, 15) is 9.59 Å². The number of benzene rings is 2. The Morgan fingerprint density at radius 2 is 1.86 bits per heavy atom. The highest BCUT2D eigenvalue weighted by Gasteiger charge is 2.54. The van der Waals surface area contributed by atoms with Crippen LogP contribution in [0.2, 0.25) is 5.02 Å². The normalized spacial score (nSPS) is 22.9. The molecule has 2 N–H and O–H groups in total. The van der Waals surface area contributed by atoms with Gasteiger partial charge in [0.05, 0.1) is 18.9 Å². The number of anilines is 1. The Hall–Kier alpha value is -3.17. The predicted octanol–water partition coefficient (Wildman–Crippen LogP) is 3.67. The average molecular weight is 506 g/mol. The number of rotatable bonds is 5. The number of hydrazine groups is 1. The van der Waals surface area contributed by atoms with Gasteiger partial charge in [-0.1, -0.05) is 30.7 Å². The van der Waals surface area contributed by atoms with Crippen LogP contribution in [0.15, 0.2) is 54.7 Å². The van der Waals surface area contributed by atoms with Crippen molar-refractivity contribution in [3.05, 3.63) is 76.5 Å². The topological polar surface area (TPSA) is 78.8 Å².